The molecule has 1 rings (SSSR count). The molecule has 1 atom stereocenters. The fourth-order valence-corrected chi connectivity index (χ4v) is 2.79. The van der Waals surface area contributed by atoms with Crippen molar-refractivity contribution >= 4 is 20.4 Å². The van der Waals surface area contributed by atoms with Crippen molar-refractivity contribution in [2.24, 2.45) is 0 Å². The zero-order valence-corrected chi connectivity index (χ0v) is 9.22. The quantitative estimate of drug-likeness (QED) is 0.554. The molecule has 0 aromatic carbocycles. The van der Waals surface area contributed by atoms with Crippen LogP contribution in [-0.2, 0) is 0 Å². The molecule has 11 heavy (non-hydrogen) atoms. The van der Waals surface area contributed by atoms with Gasteiger partial charge in [-0.3, -0.25) is 0 Å². The van der Waals surface area contributed by atoms with Crippen molar-refractivity contribution in [1.29, 1.82) is 0 Å². The Balaban J connectivity index is 3.59. The highest BCUT2D eigenvalue weighted by molar-refractivity contribution is 7.74. The predicted octanol–water partition coefficient (Wildman–Crippen LogP) is 3.68. The Hall–Kier alpha value is -0.130. The summed E-state index contributed by atoms with van der Waals surface area (Å²) in [6.07, 6.45) is 0. The van der Waals surface area contributed by atoms with Crippen LogP contribution in [0.25, 0.3) is 0 Å². The van der Waals surface area contributed by atoms with Gasteiger partial charge < -0.3 is 0 Å². The van der Waals surface area contributed by atoms with Crippen LogP contribution in [0.5, 0.6) is 0 Å². The van der Waals surface area contributed by atoms with E-state index in [0.29, 0.717) is 0 Å². The lowest BCUT2D eigenvalue weighted by molar-refractivity contribution is 1.26. The summed E-state index contributed by atoms with van der Waals surface area (Å²) in [6.45, 7) is 8.64. The van der Waals surface area contributed by atoms with E-state index in [1.54, 1.807) is 0 Å². The molecule has 0 aliphatic heterocycles. The average Bonchev–Trinajstić information content (AvgIpc) is 1.97. The molecule has 0 amide bonds. The Kier molecular flexibility index (Phi) is 2.51. The Morgan fingerprint density at radius 1 is 0.909 bits per heavy atom. The summed E-state index contributed by atoms with van der Waals surface area (Å²) in [6, 6.07) is 0. The van der Waals surface area contributed by atoms with Gasteiger partial charge in [0.1, 0.15) is 0 Å². The van der Waals surface area contributed by atoms with Crippen LogP contribution < -0.4 is 0 Å². The van der Waals surface area contributed by atoms with Crippen LogP contribution in [0.1, 0.15) is 22.0 Å². The summed E-state index contributed by atoms with van der Waals surface area (Å²) < 4.78 is 1.14. The van der Waals surface area contributed by atoms with Crippen LogP contribution in [0.2, 0.25) is 0 Å². The molecule has 0 saturated heterocycles. The molecule has 60 valence electrons. The normalized spacial score (nSPS) is 10.9. The average molecular weight is 184 g/mol. The summed E-state index contributed by atoms with van der Waals surface area (Å²) in [5, 5.41) is 1.46. The van der Waals surface area contributed by atoms with Crippen molar-refractivity contribution < 1.29 is 0 Å². The van der Waals surface area contributed by atoms with Crippen molar-refractivity contribution in [1.82, 2.24) is 0 Å². The first-order chi connectivity index (χ1) is 5.04. The maximum absolute atomic E-state index is 5.26. The molecule has 1 aromatic rings. The monoisotopic (exact) mass is 184 g/mol. The first-order valence-electron chi connectivity index (χ1n) is 3.70. The highest BCUT2D eigenvalue weighted by Crippen LogP contribution is 2.26. The summed E-state index contributed by atoms with van der Waals surface area (Å²) in [5.74, 6) is 0. The fraction of sp³-hybridized carbons (Fsp3) is 0.444. The lowest BCUT2D eigenvalue weighted by atomic mass is 10.1. The summed E-state index contributed by atoms with van der Waals surface area (Å²) in [4.78, 5) is 0. The maximum atomic E-state index is 5.26. The second kappa shape index (κ2) is 3.08. The van der Waals surface area contributed by atoms with Gasteiger partial charge in [-0.1, -0.05) is 12.2 Å². The Morgan fingerprint density at radius 2 is 1.45 bits per heavy atom. The minimum atomic E-state index is 0.749. The molecule has 0 aliphatic rings. The summed E-state index contributed by atoms with van der Waals surface area (Å²) >= 11 is 5.26. The van der Waals surface area contributed by atoms with Crippen LogP contribution in [0, 0.1) is 31.9 Å². The molecule has 0 saturated carbocycles. The summed E-state index contributed by atoms with van der Waals surface area (Å²) in [5.41, 5.74) is 4.14. The largest absolute Gasteiger partial charge is 0.117 e. The van der Waals surface area contributed by atoms with E-state index in [1.807, 2.05) is 0 Å². The van der Waals surface area contributed by atoms with Gasteiger partial charge in [0.2, 0.25) is 0 Å². The van der Waals surface area contributed by atoms with E-state index in [1.165, 1.54) is 22.0 Å². The molecule has 0 aliphatic carbocycles. The molecule has 0 fully saturated rings. The molecule has 0 N–H and O–H groups in total. The zero-order valence-electron chi connectivity index (χ0n) is 7.41. The molecule has 2 heteroatoms. The molecule has 0 nitrogen and oxygen atoms in total. The highest BCUT2D eigenvalue weighted by atomic mass is 32.1. The van der Waals surface area contributed by atoms with Gasteiger partial charge in [-0.15, -0.1) is 8.19 Å². The number of rotatable bonds is 0. The summed E-state index contributed by atoms with van der Waals surface area (Å²) in [7, 11) is 0.749. The van der Waals surface area contributed by atoms with Gasteiger partial charge in [0.25, 0.3) is 0 Å². The lowest BCUT2D eigenvalue weighted by Gasteiger charge is -2.06. The van der Waals surface area contributed by atoms with Gasteiger partial charge in [0.15, 0.2) is 0 Å². The topological polar surface area (TPSA) is 0 Å². The second-order valence-corrected chi connectivity index (χ2v) is 5.22. The van der Waals surface area contributed by atoms with E-state index >= 15 is 0 Å². The number of hydrogen-bond donors (Lipinski definition) is 0. The highest BCUT2D eigenvalue weighted by Gasteiger charge is 2.00. The Labute approximate surface area is 74.7 Å². The van der Waals surface area contributed by atoms with Gasteiger partial charge in [-0.05, 0) is 49.7 Å². The van der Waals surface area contributed by atoms with Gasteiger partial charge in [0.05, 0.1) is 4.24 Å². The Bertz CT molecular complexity index is 336. The van der Waals surface area contributed by atoms with Gasteiger partial charge in [-0.25, -0.2) is 0 Å². The maximum Gasteiger partial charge on any atom is 0.0571 e. The fourth-order valence-electron chi connectivity index (χ4n) is 1.09. The number of hydrogen-bond acceptors (Lipinski definition) is 1. The van der Waals surface area contributed by atoms with E-state index < -0.39 is 0 Å². The standard InChI is InChI=1S/C9H13PS/c1-5-6(2)8(4)10-9(11)7(5)3/h10H,1-4H3. The minimum Gasteiger partial charge on any atom is -0.117 e. The van der Waals surface area contributed by atoms with Crippen molar-refractivity contribution in [2.75, 3.05) is 0 Å². The third kappa shape index (κ3) is 1.55. The van der Waals surface area contributed by atoms with E-state index in [-0.39, 0.29) is 0 Å². The first-order valence-corrected chi connectivity index (χ1v) is 5.11. The minimum absolute atomic E-state index is 0.749. The molecular weight excluding hydrogens is 171 g/mol. The third-order valence-electron chi connectivity index (χ3n) is 2.33. The van der Waals surface area contributed by atoms with Crippen molar-refractivity contribution in [3.8, 4) is 0 Å². The SMILES string of the molecule is Cc1[pH]c(=S)c(C)c(C)c1C. The Morgan fingerprint density at radius 3 is 2.00 bits per heavy atom. The van der Waals surface area contributed by atoms with Crippen molar-refractivity contribution in [2.45, 2.75) is 27.7 Å². The van der Waals surface area contributed by atoms with Gasteiger partial charge in [-0.2, -0.15) is 0 Å². The van der Waals surface area contributed by atoms with E-state index in [2.05, 4.69) is 27.7 Å². The van der Waals surface area contributed by atoms with Crippen LogP contribution >= 0.6 is 20.4 Å². The molecule has 1 unspecified atom stereocenters. The zero-order chi connectivity index (χ0) is 8.59. The second-order valence-electron chi connectivity index (χ2n) is 2.95. The molecule has 1 heterocycles. The lowest BCUT2D eigenvalue weighted by Crippen LogP contribution is -1.87. The first kappa shape index (κ1) is 8.96. The van der Waals surface area contributed by atoms with Gasteiger partial charge in [0, 0.05) is 0 Å². The van der Waals surface area contributed by atoms with Crippen LogP contribution in [0.15, 0.2) is 0 Å². The molecular formula is C9H13PS. The molecule has 0 spiro atoms. The number of aryl methyl sites for hydroxylation is 1. The molecule has 0 radical (unpaired) electrons. The van der Waals surface area contributed by atoms with E-state index in [4.69, 9.17) is 12.2 Å². The molecule has 1 aromatic heterocycles. The van der Waals surface area contributed by atoms with Crippen LogP contribution in [0.3, 0.4) is 0 Å². The van der Waals surface area contributed by atoms with Crippen LogP contribution in [0.4, 0.5) is 0 Å². The van der Waals surface area contributed by atoms with E-state index in [9.17, 15) is 0 Å². The van der Waals surface area contributed by atoms with Crippen molar-refractivity contribution in [3.05, 3.63) is 26.2 Å². The van der Waals surface area contributed by atoms with Crippen molar-refractivity contribution in [3.63, 3.8) is 0 Å². The van der Waals surface area contributed by atoms with Gasteiger partial charge >= 0.3 is 0 Å². The molecule has 0 bridgehead atoms. The van der Waals surface area contributed by atoms with E-state index in [0.717, 1.165) is 12.4 Å². The van der Waals surface area contributed by atoms with Crippen LogP contribution in [-0.4, -0.2) is 0 Å². The smallest absolute Gasteiger partial charge is 0.0571 e. The predicted molar refractivity (Wildman–Crippen MR) is 55.7 cm³/mol. The third-order valence-corrected chi connectivity index (χ3v) is 4.29.